The van der Waals surface area contributed by atoms with Crippen molar-refractivity contribution < 1.29 is 4.79 Å². The van der Waals surface area contributed by atoms with Crippen LogP contribution in [0.1, 0.15) is 47.5 Å². The topological polar surface area (TPSA) is 76.8 Å². The molecule has 0 saturated heterocycles. The molecule has 0 bridgehead atoms. The van der Waals surface area contributed by atoms with Crippen LogP contribution >= 0.6 is 11.5 Å². The molecular weight excluding hydrogens is 324 g/mol. The van der Waals surface area contributed by atoms with Crippen molar-refractivity contribution in [1.29, 1.82) is 0 Å². The number of nitrogens with zero attached hydrogens (tertiary/aromatic N) is 6. The molecule has 1 aliphatic heterocycles. The molecule has 0 saturated carbocycles. The quantitative estimate of drug-likeness (QED) is 0.714. The number of hydrogen-bond acceptors (Lipinski definition) is 6. The van der Waals surface area contributed by atoms with Gasteiger partial charge in [0.25, 0.3) is 5.91 Å². The zero-order valence-electron chi connectivity index (χ0n) is 13.9. The van der Waals surface area contributed by atoms with E-state index in [2.05, 4.69) is 38.0 Å². The van der Waals surface area contributed by atoms with Gasteiger partial charge in [-0.2, -0.15) is 4.37 Å². The maximum atomic E-state index is 12.8. The van der Waals surface area contributed by atoms with Crippen molar-refractivity contribution in [2.24, 2.45) is 0 Å². The second-order valence-corrected chi connectivity index (χ2v) is 7.10. The van der Waals surface area contributed by atoms with Gasteiger partial charge in [0.2, 0.25) is 0 Å². The van der Waals surface area contributed by atoms with Crippen molar-refractivity contribution in [1.82, 2.24) is 29.0 Å². The van der Waals surface area contributed by atoms with Gasteiger partial charge in [0.15, 0.2) is 5.82 Å². The maximum absolute atomic E-state index is 12.8. The number of hydrogen-bond donors (Lipinski definition) is 0. The molecule has 124 valence electrons. The Kier molecular flexibility index (Phi) is 3.56. The largest absolute Gasteiger partial charge is 0.329 e. The number of amides is 1. The predicted molar refractivity (Wildman–Crippen MR) is 91.0 cm³/mol. The highest BCUT2D eigenvalue weighted by Gasteiger charge is 2.26. The van der Waals surface area contributed by atoms with Crippen LogP contribution < -0.4 is 0 Å². The molecule has 0 atom stereocenters. The van der Waals surface area contributed by atoms with E-state index in [1.807, 2.05) is 17.9 Å². The van der Waals surface area contributed by atoms with Crippen LogP contribution in [0.5, 0.6) is 0 Å². The number of fused-ring (bicyclic) bond motifs is 2. The van der Waals surface area contributed by atoms with Crippen molar-refractivity contribution in [3.8, 4) is 0 Å². The van der Waals surface area contributed by atoms with Gasteiger partial charge < -0.3 is 9.47 Å². The first-order valence-corrected chi connectivity index (χ1v) is 8.75. The van der Waals surface area contributed by atoms with Crippen molar-refractivity contribution in [2.75, 3.05) is 6.54 Å². The van der Waals surface area contributed by atoms with Crippen molar-refractivity contribution >= 4 is 27.7 Å². The summed E-state index contributed by atoms with van der Waals surface area (Å²) < 4.78 is 6.42. The van der Waals surface area contributed by atoms with Crippen LogP contribution in [0.15, 0.2) is 12.3 Å². The molecule has 8 heteroatoms. The van der Waals surface area contributed by atoms with Crippen LogP contribution in [0.4, 0.5) is 0 Å². The van der Waals surface area contributed by atoms with E-state index in [0.717, 1.165) is 34.1 Å². The van der Waals surface area contributed by atoms with E-state index in [0.29, 0.717) is 24.6 Å². The monoisotopic (exact) mass is 342 g/mol. The number of pyridine rings is 1. The summed E-state index contributed by atoms with van der Waals surface area (Å²) in [6.45, 7) is 8.02. The normalized spacial score (nSPS) is 14.4. The Hall–Kier alpha value is -2.35. The predicted octanol–water partition coefficient (Wildman–Crippen LogP) is 2.37. The average molecular weight is 342 g/mol. The third kappa shape index (κ3) is 2.37. The first kappa shape index (κ1) is 15.2. The molecule has 1 amide bonds. The van der Waals surface area contributed by atoms with E-state index in [1.165, 1.54) is 11.5 Å². The fourth-order valence-electron chi connectivity index (χ4n) is 3.03. The summed E-state index contributed by atoms with van der Waals surface area (Å²) in [5.74, 6) is 2.14. The van der Waals surface area contributed by atoms with Gasteiger partial charge in [-0.25, -0.2) is 4.98 Å². The number of rotatable bonds is 2. The minimum Gasteiger partial charge on any atom is -0.329 e. The first-order chi connectivity index (χ1) is 11.5. The lowest BCUT2D eigenvalue weighted by Gasteiger charge is -2.28. The Morgan fingerprint density at radius 3 is 2.92 bits per heavy atom. The van der Waals surface area contributed by atoms with Gasteiger partial charge in [0, 0.05) is 30.6 Å². The molecule has 4 heterocycles. The Labute approximate surface area is 143 Å². The molecule has 0 spiro atoms. The molecule has 1 aliphatic rings. The Balaban J connectivity index is 1.61. The number of aromatic nitrogens is 5. The molecular formula is C16H18N6OS. The lowest BCUT2D eigenvalue weighted by atomic mass is 10.1. The highest BCUT2D eigenvalue weighted by atomic mass is 32.1. The maximum Gasteiger partial charge on any atom is 0.255 e. The van der Waals surface area contributed by atoms with Crippen LogP contribution in [-0.4, -0.2) is 41.5 Å². The summed E-state index contributed by atoms with van der Waals surface area (Å²) >= 11 is 1.36. The van der Waals surface area contributed by atoms with Crippen LogP contribution in [-0.2, 0) is 13.1 Å². The minimum atomic E-state index is -0.0182. The second kappa shape index (κ2) is 5.62. The Morgan fingerprint density at radius 2 is 2.12 bits per heavy atom. The summed E-state index contributed by atoms with van der Waals surface area (Å²) in [4.78, 5) is 19.9. The molecule has 7 nitrogen and oxygen atoms in total. The number of carbonyl (C=O) groups is 1. The van der Waals surface area contributed by atoms with Gasteiger partial charge in [-0.1, -0.05) is 13.8 Å². The van der Waals surface area contributed by atoms with Crippen molar-refractivity contribution in [3.05, 3.63) is 35.2 Å². The van der Waals surface area contributed by atoms with Gasteiger partial charge in [-0.3, -0.25) is 4.79 Å². The lowest BCUT2D eigenvalue weighted by molar-refractivity contribution is 0.0706. The van der Waals surface area contributed by atoms with Crippen LogP contribution in [0.3, 0.4) is 0 Å². The van der Waals surface area contributed by atoms with Gasteiger partial charge in [0.1, 0.15) is 10.7 Å². The lowest BCUT2D eigenvalue weighted by Crippen LogP contribution is -2.38. The van der Waals surface area contributed by atoms with E-state index in [-0.39, 0.29) is 5.91 Å². The molecule has 4 rings (SSSR count). The van der Waals surface area contributed by atoms with E-state index >= 15 is 0 Å². The summed E-state index contributed by atoms with van der Waals surface area (Å²) in [5, 5.41) is 9.47. The molecule has 3 aromatic rings. The highest BCUT2D eigenvalue weighted by Crippen LogP contribution is 2.23. The smallest absolute Gasteiger partial charge is 0.255 e. The van der Waals surface area contributed by atoms with Crippen LogP contribution in [0.25, 0.3) is 10.2 Å². The standard InChI is InChI=1S/C16H18N6OS/c1-9(2)14-19-18-13-8-21(4-5-22(13)14)16(23)11-6-12-10(3)20-24-15(12)17-7-11/h6-7,9H,4-5,8H2,1-3H3. The zero-order chi connectivity index (χ0) is 16.8. The first-order valence-electron chi connectivity index (χ1n) is 7.98. The minimum absolute atomic E-state index is 0.0182. The van der Waals surface area contributed by atoms with Crippen LogP contribution in [0.2, 0.25) is 0 Å². The van der Waals surface area contributed by atoms with Crippen molar-refractivity contribution in [2.45, 2.75) is 39.8 Å². The van der Waals surface area contributed by atoms with E-state index in [9.17, 15) is 4.79 Å². The van der Waals surface area contributed by atoms with Crippen molar-refractivity contribution in [3.63, 3.8) is 0 Å². The summed E-state index contributed by atoms with van der Waals surface area (Å²) in [5.41, 5.74) is 1.51. The molecule has 0 unspecified atom stereocenters. The molecule has 0 radical (unpaired) electrons. The molecule has 0 N–H and O–H groups in total. The molecule has 0 aliphatic carbocycles. The van der Waals surface area contributed by atoms with E-state index in [1.54, 1.807) is 6.20 Å². The molecule has 0 aromatic carbocycles. The van der Waals surface area contributed by atoms with Gasteiger partial charge in [-0.05, 0) is 24.5 Å². The Morgan fingerprint density at radius 1 is 1.29 bits per heavy atom. The Bertz CT molecular complexity index is 928. The molecule has 24 heavy (non-hydrogen) atoms. The summed E-state index contributed by atoms with van der Waals surface area (Å²) in [6.07, 6.45) is 1.64. The fraction of sp³-hybridized carbons (Fsp3) is 0.438. The number of aryl methyl sites for hydroxylation is 1. The number of carbonyl (C=O) groups excluding carboxylic acids is 1. The zero-order valence-corrected chi connectivity index (χ0v) is 14.7. The van der Waals surface area contributed by atoms with Gasteiger partial charge in [0.05, 0.1) is 17.8 Å². The SMILES string of the molecule is Cc1nsc2ncc(C(=O)N3CCn4c(nnc4C(C)C)C3)cc12. The third-order valence-corrected chi connectivity index (χ3v) is 5.21. The average Bonchev–Trinajstić information content (AvgIpc) is 3.17. The highest BCUT2D eigenvalue weighted by molar-refractivity contribution is 7.12. The summed E-state index contributed by atoms with van der Waals surface area (Å²) in [6, 6.07) is 1.89. The van der Waals surface area contributed by atoms with Gasteiger partial charge >= 0.3 is 0 Å². The van der Waals surface area contributed by atoms with Crippen LogP contribution in [0, 0.1) is 6.92 Å². The molecule has 0 fully saturated rings. The molecule has 3 aromatic heterocycles. The van der Waals surface area contributed by atoms with E-state index < -0.39 is 0 Å². The fourth-order valence-corrected chi connectivity index (χ4v) is 3.75. The van der Waals surface area contributed by atoms with Gasteiger partial charge in [-0.15, -0.1) is 10.2 Å². The summed E-state index contributed by atoms with van der Waals surface area (Å²) in [7, 11) is 0. The third-order valence-electron chi connectivity index (χ3n) is 4.34. The van der Waals surface area contributed by atoms with E-state index in [4.69, 9.17) is 0 Å². The second-order valence-electron chi connectivity index (χ2n) is 6.35.